The Hall–Kier alpha value is -2.40. The first kappa shape index (κ1) is 17.4. The summed E-state index contributed by atoms with van der Waals surface area (Å²) in [7, 11) is 0. The van der Waals surface area contributed by atoms with Crippen molar-refractivity contribution in [1.82, 2.24) is 4.90 Å². The van der Waals surface area contributed by atoms with Crippen LogP contribution in [0.4, 0.5) is 9.18 Å². The van der Waals surface area contributed by atoms with E-state index in [1.165, 1.54) is 12.1 Å². The van der Waals surface area contributed by atoms with E-state index < -0.39 is 11.7 Å². The van der Waals surface area contributed by atoms with Gasteiger partial charge in [-0.2, -0.15) is 0 Å². The predicted molar refractivity (Wildman–Crippen MR) is 92.3 cm³/mol. The number of carbonyl (C=O) groups is 1. The van der Waals surface area contributed by atoms with Gasteiger partial charge in [0.05, 0.1) is 11.6 Å². The van der Waals surface area contributed by atoms with Crippen LogP contribution in [-0.4, -0.2) is 28.2 Å². The van der Waals surface area contributed by atoms with Gasteiger partial charge in [-0.3, -0.25) is 0 Å². The largest absolute Gasteiger partial charge is 0.445 e. The van der Waals surface area contributed by atoms with Crippen molar-refractivity contribution in [1.29, 1.82) is 0 Å². The van der Waals surface area contributed by atoms with Gasteiger partial charge >= 0.3 is 6.09 Å². The second-order valence-corrected chi connectivity index (χ2v) is 6.75. The molecule has 0 aromatic heterocycles. The van der Waals surface area contributed by atoms with Crippen LogP contribution in [0, 0.1) is 5.82 Å². The predicted octanol–water partition coefficient (Wildman–Crippen LogP) is 4.05. The van der Waals surface area contributed by atoms with Gasteiger partial charge in [-0.15, -0.1) is 0 Å². The minimum Gasteiger partial charge on any atom is -0.445 e. The molecule has 1 aliphatic rings. The Morgan fingerprint density at radius 1 is 1.24 bits per heavy atom. The molecule has 0 aliphatic carbocycles. The van der Waals surface area contributed by atoms with Crippen molar-refractivity contribution in [2.75, 3.05) is 6.54 Å². The fourth-order valence-electron chi connectivity index (χ4n) is 3.15. The highest BCUT2D eigenvalue weighted by molar-refractivity contribution is 5.68. The highest BCUT2D eigenvalue weighted by Crippen LogP contribution is 2.36. The van der Waals surface area contributed by atoms with E-state index in [0.29, 0.717) is 19.4 Å². The number of rotatable bonds is 3. The second-order valence-electron chi connectivity index (χ2n) is 6.75. The zero-order valence-corrected chi connectivity index (χ0v) is 14.2. The van der Waals surface area contributed by atoms with Gasteiger partial charge in [0, 0.05) is 13.0 Å². The van der Waals surface area contributed by atoms with E-state index in [-0.39, 0.29) is 18.5 Å². The summed E-state index contributed by atoms with van der Waals surface area (Å²) in [5, 5.41) is 10.4. The highest BCUT2D eigenvalue weighted by atomic mass is 19.1. The fraction of sp³-hybridized carbons (Fsp3) is 0.350. The monoisotopic (exact) mass is 343 g/mol. The van der Waals surface area contributed by atoms with Gasteiger partial charge in [-0.05, 0) is 36.6 Å². The lowest BCUT2D eigenvalue weighted by molar-refractivity contribution is -0.0330. The summed E-state index contributed by atoms with van der Waals surface area (Å²) in [5.74, 6) is -0.329. The molecule has 2 aromatic rings. The first-order valence-electron chi connectivity index (χ1n) is 8.40. The topological polar surface area (TPSA) is 49.8 Å². The summed E-state index contributed by atoms with van der Waals surface area (Å²) in [4.78, 5) is 14.2. The molecule has 1 N–H and O–H groups in total. The van der Waals surface area contributed by atoms with Crippen molar-refractivity contribution in [3.8, 4) is 0 Å². The van der Waals surface area contributed by atoms with Crippen molar-refractivity contribution in [3.05, 3.63) is 71.5 Å². The number of piperidine rings is 1. The van der Waals surface area contributed by atoms with Crippen LogP contribution in [0.2, 0.25) is 0 Å². The molecule has 1 aliphatic heterocycles. The maximum Gasteiger partial charge on any atom is 0.410 e. The minimum absolute atomic E-state index is 0.197. The van der Waals surface area contributed by atoms with Crippen LogP contribution in [0.25, 0.3) is 0 Å². The Kier molecular flexibility index (Phi) is 5.04. The summed E-state index contributed by atoms with van der Waals surface area (Å²) in [6, 6.07) is 15.2. The van der Waals surface area contributed by atoms with Crippen LogP contribution in [0.1, 0.15) is 36.9 Å². The van der Waals surface area contributed by atoms with Crippen molar-refractivity contribution >= 4 is 6.09 Å². The van der Waals surface area contributed by atoms with Gasteiger partial charge in [0.1, 0.15) is 12.4 Å². The average Bonchev–Trinajstić information content (AvgIpc) is 2.60. The average molecular weight is 343 g/mol. The molecular formula is C20H22FNO3. The molecule has 1 saturated heterocycles. The molecule has 4 nitrogen and oxygen atoms in total. The maximum absolute atomic E-state index is 13.2. The molecule has 1 amide bonds. The third-order valence-electron chi connectivity index (χ3n) is 4.60. The lowest BCUT2D eigenvalue weighted by Crippen LogP contribution is -2.47. The van der Waals surface area contributed by atoms with Crippen LogP contribution in [0.3, 0.4) is 0 Å². The number of amides is 1. The minimum atomic E-state index is -0.866. The molecule has 25 heavy (non-hydrogen) atoms. The number of ether oxygens (including phenoxy) is 1. The Balaban J connectivity index is 1.74. The molecular weight excluding hydrogens is 321 g/mol. The first-order valence-corrected chi connectivity index (χ1v) is 8.40. The number of hydrogen-bond acceptors (Lipinski definition) is 3. The third kappa shape index (κ3) is 4.37. The first-order chi connectivity index (χ1) is 11.9. The Labute approximate surface area is 146 Å². The normalized spacial score (nSPS) is 23.3. The second kappa shape index (κ2) is 7.23. The van der Waals surface area contributed by atoms with Gasteiger partial charge < -0.3 is 14.7 Å². The molecule has 2 atom stereocenters. The fourth-order valence-corrected chi connectivity index (χ4v) is 3.15. The van der Waals surface area contributed by atoms with Crippen LogP contribution in [-0.2, 0) is 11.3 Å². The van der Waals surface area contributed by atoms with E-state index in [1.54, 1.807) is 24.0 Å². The van der Waals surface area contributed by atoms with E-state index in [0.717, 1.165) is 11.1 Å². The van der Waals surface area contributed by atoms with E-state index in [4.69, 9.17) is 4.74 Å². The van der Waals surface area contributed by atoms with Crippen molar-refractivity contribution in [2.45, 2.75) is 38.0 Å². The lowest BCUT2D eigenvalue weighted by Gasteiger charge is -2.42. The van der Waals surface area contributed by atoms with E-state index in [9.17, 15) is 14.3 Å². The zero-order chi connectivity index (χ0) is 17.9. The molecule has 0 bridgehead atoms. The van der Waals surface area contributed by atoms with Crippen molar-refractivity contribution in [2.24, 2.45) is 0 Å². The molecule has 1 heterocycles. The Morgan fingerprint density at radius 3 is 2.60 bits per heavy atom. The SMILES string of the molecule is C[C@@]1(O)CCN(C(=O)OCc2ccccc2)[C@@H](c2ccc(F)cc2)C1. The summed E-state index contributed by atoms with van der Waals surface area (Å²) in [6.45, 7) is 2.35. The number of halogens is 1. The number of carbonyl (C=O) groups excluding carboxylic acids is 1. The number of likely N-dealkylation sites (tertiary alicyclic amines) is 1. The highest BCUT2D eigenvalue weighted by Gasteiger charge is 2.38. The van der Waals surface area contributed by atoms with Crippen LogP contribution >= 0.6 is 0 Å². The smallest absolute Gasteiger partial charge is 0.410 e. The molecule has 132 valence electrons. The maximum atomic E-state index is 13.2. The zero-order valence-electron chi connectivity index (χ0n) is 14.2. The van der Waals surface area contributed by atoms with Crippen molar-refractivity contribution < 1.29 is 19.0 Å². The Morgan fingerprint density at radius 2 is 1.92 bits per heavy atom. The van der Waals surface area contributed by atoms with E-state index in [2.05, 4.69) is 0 Å². The van der Waals surface area contributed by atoms with Crippen LogP contribution in [0.5, 0.6) is 0 Å². The third-order valence-corrected chi connectivity index (χ3v) is 4.60. The number of nitrogens with zero attached hydrogens (tertiary/aromatic N) is 1. The van der Waals surface area contributed by atoms with Crippen LogP contribution < -0.4 is 0 Å². The van der Waals surface area contributed by atoms with Crippen molar-refractivity contribution in [3.63, 3.8) is 0 Å². The van der Waals surface area contributed by atoms with E-state index >= 15 is 0 Å². The van der Waals surface area contributed by atoms with Crippen LogP contribution in [0.15, 0.2) is 54.6 Å². The number of aliphatic hydroxyl groups is 1. The molecule has 1 fully saturated rings. The molecule has 0 spiro atoms. The van der Waals surface area contributed by atoms with Gasteiger partial charge in [-0.1, -0.05) is 42.5 Å². The molecule has 0 unspecified atom stereocenters. The van der Waals surface area contributed by atoms with Gasteiger partial charge in [-0.25, -0.2) is 9.18 Å². The standard InChI is InChI=1S/C20H22FNO3/c1-20(24)11-12-22(18(13-20)16-7-9-17(21)10-8-16)19(23)25-14-15-5-3-2-4-6-15/h2-10,18,24H,11-14H2,1H3/t18-,20-/m1/s1. The van der Waals surface area contributed by atoms with Gasteiger partial charge in [0.25, 0.3) is 0 Å². The summed E-state index contributed by atoms with van der Waals surface area (Å²) in [6.07, 6.45) is 0.443. The molecule has 2 aromatic carbocycles. The molecule has 5 heteroatoms. The van der Waals surface area contributed by atoms with E-state index in [1.807, 2.05) is 30.3 Å². The summed E-state index contributed by atoms with van der Waals surface area (Å²) < 4.78 is 18.7. The van der Waals surface area contributed by atoms with Gasteiger partial charge in [0.2, 0.25) is 0 Å². The van der Waals surface area contributed by atoms with Gasteiger partial charge in [0.15, 0.2) is 0 Å². The number of hydrogen-bond donors (Lipinski definition) is 1. The summed E-state index contributed by atoms with van der Waals surface area (Å²) >= 11 is 0. The lowest BCUT2D eigenvalue weighted by atomic mass is 9.85. The molecule has 3 rings (SSSR count). The molecule has 0 saturated carbocycles. The number of benzene rings is 2. The Bertz CT molecular complexity index is 715. The quantitative estimate of drug-likeness (QED) is 0.915. The molecule has 0 radical (unpaired) electrons. The summed E-state index contributed by atoms with van der Waals surface area (Å²) in [5.41, 5.74) is 0.839.